The number of nitrogens with zero attached hydrogens (tertiary/aromatic N) is 2. The molecule has 0 spiro atoms. The van der Waals surface area contributed by atoms with Crippen molar-refractivity contribution in [2.75, 3.05) is 38.1 Å². The van der Waals surface area contributed by atoms with E-state index in [0.717, 1.165) is 0 Å². The Balaban J connectivity index is 3.02. The lowest BCUT2D eigenvalue weighted by atomic mass is 10.2. The van der Waals surface area contributed by atoms with Crippen molar-refractivity contribution in [2.24, 2.45) is 0 Å². The van der Waals surface area contributed by atoms with E-state index in [1.807, 2.05) is 40.2 Å². The van der Waals surface area contributed by atoms with Gasteiger partial charge in [-0.3, -0.25) is 0 Å². The molecule has 0 saturated heterocycles. The monoisotopic (exact) mass is 208 g/mol. The standard InChI is InChI=1S/C12H20N2O/c1-10(15-5)14(4)12-9-7-6-8-11(12)13(2)3/h6-10H,1-5H3. The van der Waals surface area contributed by atoms with Gasteiger partial charge in [0.1, 0.15) is 6.23 Å². The molecular formula is C12H20N2O. The molecule has 15 heavy (non-hydrogen) atoms. The van der Waals surface area contributed by atoms with Crippen molar-refractivity contribution in [3.63, 3.8) is 0 Å². The van der Waals surface area contributed by atoms with Gasteiger partial charge >= 0.3 is 0 Å². The summed E-state index contributed by atoms with van der Waals surface area (Å²) in [6.07, 6.45) is 0.0751. The zero-order chi connectivity index (χ0) is 11.4. The molecule has 1 atom stereocenters. The van der Waals surface area contributed by atoms with E-state index in [2.05, 4.69) is 21.9 Å². The maximum atomic E-state index is 5.31. The first-order valence-electron chi connectivity index (χ1n) is 5.10. The van der Waals surface area contributed by atoms with Gasteiger partial charge in [0.2, 0.25) is 0 Å². The van der Waals surface area contributed by atoms with Crippen LogP contribution in [0.2, 0.25) is 0 Å². The summed E-state index contributed by atoms with van der Waals surface area (Å²) in [6, 6.07) is 8.30. The molecule has 0 aliphatic rings. The summed E-state index contributed by atoms with van der Waals surface area (Å²) >= 11 is 0. The lowest BCUT2D eigenvalue weighted by Crippen LogP contribution is -2.31. The summed E-state index contributed by atoms with van der Waals surface area (Å²) in [7, 11) is 7.85. The van der Waals surface area contributed by atoms with E-state index >= 15 is 0 Å². The maximum Gasteiger partial charge on any atom is 0.126 e. The molecule has 0 aliphatic carbocycles. The Morgan fingerprint density at radius 2 is 1.60 bits per heavy atom. The first kappa shape index (κ1) is 11.9. The molecule has 84 valence electrons. The van der Waals surface area contributed by atoms with Crippen LogP contribution in [0.5, 0.6) is 0 Å². The maximum absolute atomic E-state index is 5.31. The Labute approximate surface area is 92.3 Å². The summed E-state index contributed by atoms with van der Waals surface area (Å²) in [5.74, 6) is 0. The molecule has 0 amide bonds. The number of methoxy groups -OCH3 is 1. The highest BCUT2D eigenvalue weighted by Crippen LogP contribution is 2.27. The van der Waals surface area contributed by atoms with Gasteiger partial charge in [0.15, 0.2) is 0 Å². The molecule has 0 heterocycles. The third-order valence-corrected chi connectivity index (χ3v) is 2.63. The Morgan fingerprint density at radius 3 is 2.07 bits per heavy atom. The van der Waals surface area contributed by atoms with Crippen LogP contribution in [0.3, 0.4) is 0 Å². The highest BCUT2D eigenvalue weighted by Gasteiger charge is 2.12. The third kappa shape index (κ3) is 2.63. The molecule has 0 fully saturated rings. The minimum Gasteiger partial charge on any atom is -0.376 e. The topological polar surface area (TPSA) is 15.7 Å². The average molecular weight is 208 g/mol. The van der Waals surface area contributed by atoms with Crippen molar-refractivity contribution >= 4 is 11.4 Å². The van der Waals surface area contributed by atoms with Gasteiger partial charge in [0.25, 0.3) is 0 Å². The summed E-state index contributed by atoms with van der Waals surface area (Å²) in [5.41, 5.74) is 2.38. The van der Waals surface area contributed by atoms with Crippen molar-refractivity contribution in [3.8, 4) is 0 Å². The number of hydrogen-bond acceptors (Lipinski definition) is 3. The van der Waals surface area contributed by atoms with Crippen LogP contribution < -0.4 is 9.80 Å². The van der Waals surface area contributed by atoms with Gasteiger partial charge in [-0.1, -0.05) is 12.1 Å². The molecule has 0 radical (unpaired) electrons. The van der Waals surface area contributed by atoms with Crippen LogP contribution in [-0.4, -0.2) is 34.5 Å². The normalized spacial score (nSPS) is 12.3. The molecule has 3 nitrogen and oxygen atoms in total. The summed E-state index contributed by atoms with van der Waals surface area (Å²) in [5, 5.41) is 0. The second-order valence-electron chi connectivity index (χ2n) is 3.83. The zero-order valence-corrected chi connectivity index (χ0v) is 10.2. The number of para-hydroxylation sites is 2. The highest BCUT2D eigenvalue weighted by molar-refractivity contribution is 5.70. The van der Waals surface area contributed by atoms with Crippen LogP contribution in [0.4, 0.5) is 11.4 Å². The van der Waals surface area contributed by atoms with Gasteiger partial charge in [-0.15, -0.1) is 0 Å². The zero-order valence-electron chi connectivity index (χ0n) is 10.2. The summed E-state index contributed by atoms with van der Waals surface area (Å²) in [6.45, 7) is 2.03. The minimum absolute atomic E-state index is 0.0751. The quantitative estimate of drug-likeness (QED) is 0.705. The molecule has 0 bridgehead atoms. The molecule has 1 aromatic carbocycles. The van der Waals surface area contributed by atoms with Crippen molar-refractivity contribution < 1.29 is 4.74 Å². The number of benzene rings is 1. The molecule has 1 aromatic rings. The van der Waals surface area contributed by atoms with Crippen molar-refractivity contribution in [2.45, 2.75) is 13.2 Å². The molecular weight excluding hydrogens is 188 g/mol. The van der Waals surface area contributed by atoms with E-state index < -0.39 is 0 Å². The lowest BCUT2D eigenvalue weighted by molar-refractivity contribution is 0.119. The van der Waals surface area contributed by atoms with Crippen molar-refractivity contribution in [1.82, 2.24) is 0 Å². The number of hydrogen-bond donors (Lipinski definition) is 0. The van der Waals surface area contributed by atoms with Crippen LogP contribution in [0.1, 0.15) is 6.92 Å². The second kappa shape index (κ2) is 5.03. The van der Waals surface area contributed by atoms with Gasteiger partial charge in [-0.05, 0) is 19.1 Å². The molecule has 0 N–H and O–H groups in total. The van der Waals surface area contributed by atoms with Crippen LogP contribution in [-0.2, 0) is 4.74 Å². The fourth-order valence-electron chi connectivity index (χ4n) is 1.49. The molecule has 3 heteroatoms. The van der Waals surface area contributed by atoms with E-state index in [1.54, 1.807) is 7.11 Å². The van der Waals surface area contributed by atoms with Crippen LogP contribution in [0.25, 0.3) is 0 Å². The van der Waals surface area contributed by atoms with Crippen LogP contribution in [0, 0.1) is 0 Å². The summed E-state index contributed by atoms with van der Waals surface area (Å²) < 4.78 is 5.31. The van der Waals surface area contributed by atoms with Gasteiger partial charge in [0, 0.05) is 28.3 Å². The Kier molecular flexibility index (Phi) is 3.97. The second-order valence-corrected chi connectivity index (χ2v) is 3.83. The first-order valence-corrected chi connectivity index (χ1v) is 5.10. The molecule has 1 rings (SSSR count). The van der Waals surface area contributed by atoms with Crippen LogP contribution in [0.15, 0.2) is 24.3 Å². The smallest absolute Gasteiger partial charge is 0.126 e. The van der Waals surface area contributed by atoms with E-state index in [9.17, 15) is 0 Å². The number of ether oxygens (including phenoxy) is 1. The van der Waals surface area contributed by atoms with Crippen molar-refractivity contribution in [1.29, 1.82) is 0 Å². The number of anilines is 2. The molecule has 1 unspecified atom stereocenters. The third-order valence-electron chi connectivity index (χ3n) is 2.63. The average Bonchev–Trinajstić information content (AvgIpc) is 2.27. The Morgan fingerprint density at radius 1 is 1.07 bits per heavy atom. The Hall–Kier alpha value is -1.22. The minimum atomic E-state index is 0.0751. The van der Waals surface area contributed by atoms with Gasteiger partial charge in [-0.2, -0.15) is 0 Å². The summed E-state index contributed by atoms with van der Waals surface area (Å²) in [4.78, 5) is 4.23. The van der Waals surface area contributed by atoms with E-state index in [4.69, 9.17) is 4.74 Å². The van der Waals surface area contributed by atoms with Gasteiger partial charge in [-0.25, -0.2) is 0 Å². The molecule has 0 aromatic heterocycles. The fourth-order valence-corrected chi connectivity index (χ4v) is 1.49. The van der Waals surface area contributed by atoms with Crippen LogP contribution >= 0.6 is 0 Å². The highest BCUT2D eigenvalue weighted by atomic mass is 16.5. The SMILES string of the molecule is COC(C)N(C)c1ccccc1N(C)C. The fraction of sp³-hybridized carbons (Fsp3) is 0.500. The first-order chi connectivity index (χ1) is 7.07. The predicted molar refractivity (Wildman–Crippen MR) is 65.6 cm³/mol. The lowest BCUT2D eigenvalue weighted by Gasteiger charge is -2.29. The molecule has 0 saturated carbocycles. The molecule has 0 aliphatic heterocycles. The largest absolute Gasteiger partial charge is 0.376 e. The van der Waals surface area contributed by atoms with E-state index in [0.29, 0.717) is 0 Å². The van der Waals surface area contributed by atoms with Gasteiger partial charge < -0.3 is 14.5 Å². The number of rotatable bonds is 4. The predicted octanol–water partition coefficient (Wildman–Crippen LogP) is 2.18. The van der Waals surface area contributed by atoms with E-state index in [-0.39, 0.29) is 6.23 Å². The van der Waals surface area contributed by atoms with E-state index in [1.165, 1.54) is 11.4 Å². The van der Waals surface area contributed by atoms with Gasteiger partial charge in [0.05, 0.1) is 11.4 Å². The Bertz CT molecular complexity index is 312. The van der Waals surface area contributed by atoms with Crippen molar-refractivity contribution in [3.05, 3.63) is 24.3 Å².